The van der Waals surface area contributed by atoms with Crippen molar-refractivity contribution in [3.63, 3.8) is 0 Å². The summed E-state index contributed by atoms with van der Waals surface area (Å²) < 4.78 is 23.4. The minimum absolute atomic E-state index is 0.0531. The predicted molar refractivity (Wildman–Crippen MR) is 240 cm³/mol. The minimum Gasteiger partial charge on any atom is -0.387 e. The van der Waals surface area contributed by atoms with Crippen LogP contribution in [0.1, 0.15) is 181 Å². The molecule has 1 amide bonds. The van der Waals surface area contributed by atoms with Crippen molar-refractivity contribution in [2.75, 3.05) is 40.9 Å². The van der Waals surface area contributed by atoms with E-state index in [1.807, 2.05) is 27.2 Å². The van der Waals surface area contributed by atoms with E-state index in [1.165, 1.54) is 103 Å². The molecule has 0 heterocycles. The summed E-state index contributed by atoms with van der Waals surface area (Å²) in [6, 6.07) is -0.863. The maximum Gasteiger partial charge on any atom is 0.472 e. The number of quaternary nitrogens is 1. The minimum atomic E-state index is -4.34. The molecule has 0 saturated heterocycles. The molecule has 56 heavy (non-hydrogen) atoms. The number of nitrogens with zero attached hydrogens (tertiary/aromatic N) is 1. The Balaban J connectivity index is 4.09. The molecule has 0 aromatic heterocycles. The summed E-state index contributed by atoms with van der Waals surface area (Å²) in [7, 11) is 1.54. The number of phosphoric acid groups is 1. The third-order valence-corrected chi connectivity index (χ3v) is 10.7. The molecule has 0 aromatic carbocycles. The van der Waals surface area contributed by atoms with Crippen molar-refractivity contribution in [3.8, 4) is 0 Å². The highest BCUT2D eigenvalue weighted by Crippen LogP contribution is 2.43. The van der Waals surface area contributed by atoms with Gasteiger partial charge in [-0.1, -0.05) is 171 Å². The van der Waals surface area contributed by atoms with Gasteiger partial charge < -0.3 is 19.8 Å². The fourth-order valence-electron chi connectivity index (χ4n) is 6.07. The molecule has 0 fully saturated rings. The van der Waals surface area contributed by atoms with Crippen LogP contribution >= 0.6 is 7.82 Å². The van der Waals surface area contributed by atoms with Crippen LogP contribution in [0.4, 0.5) is 0 Å². The zero-order chi connectivity index (χ0) is 41.4. The summed E-state index contributed by atoms with van der Waals surface area (Å²) in [5, 5.41) is 13.7. The lowest BCUT2D eigenvalue weighted by Gasteiger charge is -2.25. The molecule has 326 valence electrons. The topological polar surface area (TPSA) is 105 Å². The van der Waals surface area contributed by atoms with E-state index >= 15 is 0 Å². The molecular formula is C47H88N2O6P+. The van der Waals surface area contributed by atoms with E-state index in [1.54, 1.807) is 6.08 Å². The Morgan fingerprint density at radius 2 is 1.07 bits per heavy atom. The molecule has 0 aromatic rings. The first kappa shape index (κ1) is 54.2. The number of aliphatic hydroxyl groups is 1. The van der Waals surface area contributed by atoms with Crippen LogP contribution in [0, 0.1) is 0 Å². The normalized spacial score (nSPS) is 14.9. The van der Waals surface area contributed by atoms with E-state index in [2.05, 4.69) is 67.8 Å². The van der Waals surface area contributed by atoms with Crippen LogP contribution in [0.15, 0.2) is 60.8 Å². The maximum atomic E-state index is 12.8. The van der Waals surface area contributed by atoms with E-state index in [9.17, 15) is 19.4 Å². The molecule has 0 aliphatic rings. The lowest BCUT2D eigenvalue weighted by Crippen LogP contribution is -2.45. The Hall–Kier alpha value is -1.80. The zero-order valence-electron chi connectivity index (χ0n) is 36.9. The molecular weight excluding hydrogens is 719 g/mol. The Morgan fingerprint density at radius 3 is 1.61 bits per heavy atom. The molecule has 9 heteroatoms. The summed E-state index contributed by atoms with van der Waals surface area (Å²) in [6.45, 7) is 4.65. The zero-order valence-corrected chi connectivity index (χ0v) is 37.8. The van der Waals surface area contributed by atoms with Crippen LogP contribution < -0.4 is 5.32 Å². The second-order valence-corrected chi connectivity index (χ2v) is 17.9. The molecule has 0 rings (SSSR count). The number of amides is 1. The first-order valence-corrected chi connectivity index (χ1v) is 24.2. The van der Waals surface area contributed by atoms with Gasteiger partial charge in [-0.3, -0.25) is 13.8 Å². The molecule has 3 unspecified atom stereocenters. The van der Waals surface area contributed by atoms with Crippen LogP contribution in [0.2, 0.25) is 0 Å². The van der Waals surface area contributed by atoms with Gasteiger partial charge in [-0.15, -0.1) is 0 Å². The van der Waals surface area contributed by atoms with Crippen molar-refractivity contribution >= 4 is 13.7 Å². The number of rotatable bonds is 40. The number of aliphatic hydroxyl groups excluding tert-OH is 1. The molecule has 0 bridgehead atoms. The molecule has 3 atom stereocenters. The summed E-state index contributed by atoms with van der Waals surface area (Å²) in [5.41, 5.74) is 0. The van der Waals surface area contributed by atoms with Gasteiger partial charge in [0.15, 0.2) is 0 Å². The molecule has 0 aliphatic heterocycles. The fraction of sp³-hybridized carbons (Fsp3) is 0.766. The summed E-state index contributed by atoms with van der Waals surface area (Å²) in [6.07, 6.45) is 50.5. The van der Waals surface area contributed by atoms with Crippen molar-refractivity contribution in [2.45, 2.75) is 193 Å². The number of unbranched alkanes of at least 4 members (excludes halogenated alkanes) is 19. The largest absolute Gasteiger partial charge is 0.472 e. The second-order valence-electron chi connectivity index (χ2n) is 16.4. The van der Waals surface area contributed by atoms with Crippen LogP contribution in [0.5, 0.6) is 0 Å². The number of nitrogens with one attached hydrogen (secondary N) is 1. The van der Waals surface area contributed by atoms with Crippen molar-refractivity contribution in [1.29, 1.82) is 0 Å². The van der Waals surface area contributed by atoms with Crippen LogP contribution in [-0.4, -0.2) is 73.4 Å². The van der Waals surface area contributed by atoms with Crippen LogP contribution in [0.25, 0.3) is 0 Å². The molecule has 8 nitrogen and oxygen atoms in total. The highest BCUT2D eigenvalue weighted by Gasteiger charge is 2.27. The average molecular weight is 808 g/mol. The Morgan fingerprint density at radius 1 is 0.607 bits per heavy atom. The number of hydrogen-bond acceptors (Lipinski definition) is 5. The molecule has 0 radical (unpaired) electrons. The van der Waals surface area contributed by atoms with Crippen molar-refractivity contribution in [1.82, 2.24) is 5.32 Å². The van der Waals surface area contributed by atoms with Gasteiger partial charge in [0.1, 0.15) is 13.2 Å². The summed E-state index contributed by atoms with van der Waals surface area (Å²) in [5.74, 6) is -0.196. The first-order valence-electron chi connectivity index (χ1n) is 22.7. The van der Waals surface area contributed by atoms with Gasteiger partial charge in [-0.2, -0.15) is 0 Å². The first-order chi connectivity index (χ1) is 27.0. The summed E-state index contributed by atoms with van der Waals surface area (Å²) in [4.78, 5) is 23.0. The number of hydrogen-bond donors (Lipinski definition) is 3. The maximum absolute atomic E-state index is 12.8. The quantitative estimate of drug-likeness (QED) is 0.0246. The number of allylic oxidation sites excluding steroid dienone is 9. The van der Waals surface area contributed by atoms with Gasteiger partial charge in [0, 0.05) is 6.42 Å². The van der Waals surface area contributed by atoms with Gasteiger partial charge in [-0.05, 0) is 64.2 Å². The summed E-state index contributed by atoms with van der Waals surface area (Å²) >= 11 is 0. The number of likely N-dealkylation sites (N-methyl/N-ethyl adjacent to an activating group) is 1. The van der Waals surface area contributed by atoms with Crippen molar-refractivity contribution in [2.24, 2.45) is 0 Å². The van der Waals surface area contributed by atoms with E-state index < -0.39 is 20.0 Å². The number of phosphoric ester groups is 1. The van der Waals surface area contributed by atoms with Crippen molar-refractivity contribution in [3.05, 3.63) is 60.8 Å². The standard InChI is InChI=1S/C47H87N2O6P/c1-6-8-10-12-14-15-16-17-18-19-20-21-22-23-24-25-26-27-28-29-30-31-32-33-35-37-39-41-47(51)48-45(46(50)40-38-36-34-13-11-9-7-2)44-55-56(52,53)54-43-42-49(3,4)5/h11,13,16-17,19-20,22-23,38,40,45-46,50H,6-10,12,14-15,18,21,24-37,39,41-44H2,1-5H3,(H-,48,51,52,53)/p+1/b13-11+,17-16-,20-19-,23-22-,40-38+. The molecule has 0 spiro atoms. The fourth-order valence-corrected chi connectivity index (χ4v) is 6.81. The highest BCUT2D eigenvalue weighted by molar-refractivity contribution is 7.47. The smallest absolute Gasteiger partial charge is 0.387 e. The van der Waals surface area contributed by atoms with Gasteiger partial charge >= 0.3 is 7.82 Å². The number of carbonyl (C=O) groups is 1. The lowest BCUT2D eigenvalue weighted by atomic mass is 10.0. The van der Waals surface area contributed by atoms with Gasteiger partial charge in [0.25, 0.3) is 0 Å². The lowest BCUT2D eigenvalue weighted by molar-refractivity contribution is -0.870. The average Bonchev–Trinajstić information content (AvgIpc) is 3.15. The Labute approximate surface area is 345 Å². The Bertz CT molecular complexity index is 1100. The molecule has 3 N–H and O–H groups in total. The molecule has 0 aliphatic carbocycles. The third-order valence-electron chi connectivity index (χ3n) is 9.69. The Kier molecular flexibility index (Phi) is 37.5. The van der Waals surface area contributed by atoms with E-state index in [4.69, 9.17) is 9.05 Å². The van der Waals surface area contributed by atoms with Gasteiger partial charge in [0.2, 0.25) is 5.91 Å². The van der Waals surface area contributed by atoms with Crippen LogP contribution in [0.3, 0.4) is 0 Å². The third kappa shape index (κ3) is 40.4. The van der Waals surface area contributed by atoms with E-state index in [0.717, 1.165) is 57.8 Å². The second kappa shape index (κ2) is 38.7. The monoisotopic (exact) mass is 808 g/mol. The highest BCUT2D eigenvalue weighted by atomic mass is 31.2. The van der Waals surface area contributed by atoms with Crippen molar-refractivity contribution < 1.29 is 32.9 Å². The SMILES string of the molecule is CCC/C=C/CC/C=C/C(O)C(COP(=O)(O)OCC[N+](C)(C)C)NC(=O)CCCCCCCCCCCCCC/C=C\C/C=C\C/C=C\CCCCCCC. The van der Waals surface area contributed by atoms with Gasteiger partial charge in [0.05, 0.1) is 39.9 Å². The van der Waals surface area contributed by atoms with E-state index in [0.29, 0.717) is 17.4 Å². The number of carbonyl (C=O) groups excluding carboxylic acids is 1. The van der Waals surface area contributed by atoms with E-state index in [-0.39, 0.29) is 19.1 Å². The van der Waals surface area contributed by atoms with Gasteiger partial charge in [-0.25, -0.2) is 4.57 Å². The predicted octanol–water partition coefficient (Wildman–Crippen LogP) is 12.6. The molecule has 0 saturated carbocycles. The van der Waals surface area contributed by atoms with Crippen LogP contribution in [-0.2, 0) is 18.4 Å².